The van der Waals surface area contributed by atoms with Crippen molar-refractivity contribution < 1.29 is 14.3 Å². The molecule has 1 spiro atoms. The van der Waals surface area contributed by atoms with Gasteiger partial charge in [0, 0.05) is 26.2 Å². The summed E-state index contributed by atoms with van der Waals surface area (Å²) in [7, 11) is 0. The molecule has 5 nitrogen and oxygen atoms in total. The Morgan fingerprint density at radius 2 is 1.95 bits per heavy atom. The number of amides is 1. The Hall–Kier alpha value is -0.650. The lowest BCUT2D eigenvalue weighted by atomic mass is 9.78. The zero-order valence-electron chi connectivity index (χ0n) is 12.0. The molecule has 2 aliphatic heterocycles. The summed E-state index contributed by atoms with van der Waals surface area (Å²) >= 11 is 0. The predicted octanol–water partition coefficient (Wildman–Crippen LogP) is 0.642. The molecule has 5 heteroatoms. The molecule has 1 amide bonds. The van der Waals surface area contributed by atoms with E-state index < -0.39 is 0 Å². The Kier molecular flexibility index (Phi) is 5.60. The van der Waals surface area contributed by atoms with Crippen LogP contribution in [0.2, 0.25) is 0 Å². The number of nitrogens with zero attached hydrogens (tertiary/aromatic N) is 1. The van der Waals surface area contributed by atoms with Gasteiger partial charge in [-0.2, -0.15) is 0 Å². The van der Waals surface area contributed by atoms with E-state index in [4.69, 9.17) is 9.47 Å². The molecule has 0 aromatic rings. The SMILES string of the molecule is CCOCCOCC(=O)N1CCC2(CCNC2)CC1. The van der Waals surface area contributed by atoms with E-state index in [1.54, 1.807) is 0 Å². The molecule has 2 rings (SSSR count). The van der Waals surface area contributed by atoms with Crippen molar-refractivity contribution in [3.05, 3.63) is 0 Å². The molecular weight excluding hydrogens is 244 g/mol. The highest BCUT2D eigenvalue weighted by Gasteiger charge is 2.37. The lowest BCUT2D eigenvalue weighted by molar-refractivity contribution is -0.138. The van der Waals surface area contributed by atoms with Gasteiger partial charge in [0.25, 0.3) is 0 Å². The minimum absolute atomic E-state index is 0.123. The van der Waals surface area contributed by atoms with Crippen LogP contribution < -0.4 is 5.32 Å². The third-order valence-corrected chi connectivity index (χ3v) is 4.31. The first-order valence-corrected chi connectivity index (χ1v) is 7.40. The largest absolute Gasteiger partial charge is 0.379 e. The van der Waals surface area contributed by atoms with Crippen molar-refractivity contribution in [1.82, 2.24) is 10.2 Å². The van der Waals surface area contributed by atoms with Gasteiger partial charge in [-0.15, -0.1) is 0 Å². The maximum atomic E-state index is 12.0. The molecule has 2 aliphatic rings. The van der Waals surface area contributed by atoms with Crippen molar-refractivity contribution >= 4 is 5.91 Å². The predicted molar refractivity (Wildman–Crippen MR) is 73.0 cm³/mol. The van der Waals surface area contributed by atoms with E-state index in [0.717, 1.165) is 39.0 Å². The Morgan fingerprint density at radius 3 is 2.58 bits per heavy atom. The molecular formula is C14H26N2O3. The summed E-state index contributed by atoms with van der Waals surface area (Å²) < 4.78 is 10.5. The summed E-state index contributed by atoms with van der Waals surface area (Å²) in [5.41, 5.74) is 0.465. The van der Waals surface area contributed by atoms with Gasteiger partial charge in [-0.1, -0.05) is 0 Å². The van der Waals surface area contributed by atoms with Gasteiger partial charge in [-0.3, -0.25) is 4.79 Å². The fraction of sp³-hybridized carbons (Fsp3) is 0.929. The molecule has 0 unspecified atom stereocenters. The Morgan fingerprint density at radius 1 is 1.21 bits per heavy atom. The van der Waals surface area contributed by atoms with Gasteiger partial charge in [0.2, 0.25) is 5.91 Å². The second kappa shape index (κ2) is 7.22. The molecule has 0 aromatic heterocycles. The molecule has 2 heterocycles. The maximum absolute atomic E-state index is 12.0. The lowest BCUT2D eigenvalue weighted by Gasteiger charge is -2.38. The fourth-order valence-corrected chi connectivity index (χ4v) is 2.97. The summed E-state index contributed by atoms with van der Waals surface area (Å²) in [6, 6.07) is 0. The van der Waals surface area contributed by atoms with Crippen LogP contribution in [0.1, 0.15) is 26.2 Å². The third-order valence-electron chi connectivity index (χ3n) is 4.31. The molecule has 0 aliphatic carbocycles. The van der Waals surface area contributed by atoms with Gasteiger partial charge in [0.1, 0.15) is 6.61 Å². The van der Waals surface area contributed by atoms with Crippen molar-refractivity contribution in [2.24, 2.45) is 5.41 Å². The highest BCUT2D eigenvalue weighted by atomic mass is 16.5. The highest BCUT2D eigenvalue weighted by molar-refractivity contribution is 5.77. The molecule has 0 bridgehead atoms. The molecule has 0 saturated carbocycles. The number of carbonyl (C=O) groups is 1. The number of hydrogen-bond acceptors (Lipinski definition) is 4. The van der Waals surface area contributed by atoms with Crippen LogP contribution in [0.3, 0.4) is 0 Å². The highest BCUT2D eigenvalue weighted by Crippen LogP contribution is 2.36. The number of ether oxygens (including phenoxy) is 2. The van der Waals surface area contributed by atoms with E-state index >= 15 is 0 Å². The summed E-state index contributed by atoms with van der Waals surface area (Å²) in [6.07, 6.45) is 3.52. The fourth-order valence-electron chi connectivity index (χ4n) is 2.97. The van der Waals surface area contributed by atoms with Crippen LogP contribution in [0.4, 0.5) is 0 Å². The number of piperidine rings is 1. The monoisotopic (exact) mass is 270 g/mol. The second-order valence-electron chi connectivity index (χ2n) is 5.56. The molecule has 1 N–H and O–H groups in total. The molecule has 19 heavy (non-hydrogen) atoms. The standard InChI is InChI=1S/C14H26N2O3/c1-2-18-9-10-19-11-13(17)16-7-4-14(5-8-16)3-6-15-12-14/h15H,2-12H2,1H3. The van der Waals surface area contributed by atoms with Gasteiger partial charge < -0.3 is 19.7 Å². The number of rotatable bonds is 6. The Labute approximate surface area is 115 Å². The number of carbonyl (C=O) groups excluding carboxylic acids is 1. The third kappa shape index (κ3) is 4.16. The summed E-state index contributed by atoms with van der Waals surface area (Å²) in [4.78, 5) is 13.9. The topological polar surface area (TPSA) is 50.8 Å². The van der Waals surface area contributed by atoms with Crippen LogP contribution in [0.5, 0.6) is 0 Å². The van der Waals surface area contributed by atoms with Crippen molar-refractivity contribution in [3.8, 4) is 0 Å². The van der Waals surface area contributed by atoms with Crippen LogP contribution in [-0.4, -0.2) is 63.4 Å². The zero-order valence-corrected chi connectivity index (χ0v) is 12.0. The summed E-state index contributed by atoms with van der Waals surface area (Å²) in [5.74, 6) is 0.123. The van der Waals surface area contributed by atoms with Crippen molar-refractivity contribution in [1.29, 1.82) is 0 Å². The van der Waals surface area contributed by atoms with Gasteiger partial charge in [-0.05, 0) is 38.1 Å². The van der Waals surface area contributed by atoms with Crippen molar-refractivity contribution in [2.75, 3.05) is 52.6 Å². The molecule has 0 aromatic carbocycles. The molecule has 0 atom stereocenters. The number of nitrogens with one attached hydrogen (secondary N) is 1. The minimum atomic E-state index is 0.123. The molecule has 2 saturated heterocycles. The van der Waals surface area contributed by atoms with Crippen LogP contribution >= 0.6 is 0 Å². The zero-order chi connectivity index (χ0) is 13.6. The van der Waals surface area contributed by atoms with E-state index in [2.05, 4.69) is 5.32 Å². The Balaban J connectivity index is 1.62. The van der Waals surface area contributed by atoms with Crippen LogP contribution in [0.25, 0.3) is 0 Å². The smallest absolute Gasteiger partial charge is 0.248 e. The quantitative estimate of drug-likeness (QED) is 0.720. The van der Waals surface area contributed by atoms with Crippen LogP contribution in [0, 0.1) is 5.41 Å². The average Bonchev–Trinajstić information content (AvgIpc) is 2.87. The molecule has 110 valence electrons. The average molecular weight is 270 g/mol. The van der Waals surface area contributed by atoms with E-state index in [-0.39, 0.29) is 12.5 Å². The van der Waals surface area contributed by atoms with Gasteiger partial charge in [-0.25, -0.2) is 0 Å². The van der Waals surface area contributed by atoms with Crippen LogP contribution in [-0.2, 0) is 14.3 Å². The first-order chi connectivity index (χ1) is 9.26. The number of likely N-dealkylation sites (tertiary alicyclic amines) is 1. The normalized spacial score (nSPS) is 22.1. The van der Waals surface area contributed by atoms with E-state index in [0.29, 0.717) is 25.2 Å². The van der Waals surface area contributed by atoms with Gasteiger partial charge in [0.15, 0.2) is 0 Å². The first kappa shape index (κ1) is 14.8. The minimum Gasteiger partial charge on any atom is -0.379 e. The Bertz CT molecular complexity index is 280. The molecule has 2 fully saturated rings. The van der Waals surface area contributed by atoms with E-state index in [1.807, 2.05) is 11.8 Å². The van der Waals surface area contributed by atoms with Crippen molar-refractivity contribution in [2.45, 2.75) is 26.2 Å². The lowest BCUT2D eigenvalue weighted by Crippen LogP contribution is -2.45. The summed E-state index contributed by atoms with van der Waals surface area (Å²) in [6.45, 7) is 7.93. The van der Waals surface area contributed by atoms with Crippen LogP contribution in [0.15, 0.2) is 0 Å². The van der Waals surface area contributed by atoms with E-state index in [1.165, 1.54) is 6.42 Å². The van der Waals surface area contributed by atoms with Gasteiger partial charge in [0.05, 0.1) is 13.2 Å². The summed E-state index contributed by atoms with van der Waals surface area (Å²) in [5, 5.41) is 3.44. The second-order valence-corrected chi connectivity index (χ2v) is 5.56. The van der Waals surface area contributed by atoms with Crippen molar-refractivity contribution in [3.63, 3.8) is 0 Å². The number of hydrogen-bond donors (Lipinski definition) is 1. The maximum Gasteiger partial charge on any atom is 0.248 e. The van der Waals surface area contributed by atoms with Gasteiger partial charge >= 0.3 is 0 Å². The van der Waals surface area contributed by atoms with E-state index in [9.17, 15) is 4.79 Å². The molecule has 0 radical (unpaired) electrons. The first-order valence-electron chi connectivity index (χ1n) is 7.40.